The predicted molar refractivity (Wildman–Crippen MR) is 43.1 cm³/mol. The summed E-state index contributed by atoms with van der Waals surface area (Å²) in [6.07, 6.45) is 1.09. The lowest BCUT2D eigenvalue weighted by molar-refractivity contribution is -0.387. The van der Waals surface area contributed by atoms with Crippen LogP contribution in [-0.2, 0) is 0 Å². The molecule has 0 fully saturated rings. The standard InChI is InChI=1S/C8H5F2NO2/c1-2-5-3-7(10)8(11(12)13)4-6(5)9/h2-4H,1H2. The second-order valence-electron chi connectivity index (χ2n) is 2.29. The lowest BCUT2D eigenvalue weighted by atomic mass is 10.2. The molecule has 0 atom stereocenters. The molecule has 1 aromatic carbocycles. The summed E-state index contributed by atoms with van der Waals surface area (Å²) in [5.74, 6) is -1.93. The van der Waals surface area contributed by atoms with E-state index in [1.165, 1.54) is 0 Å². The van der Waals surface area contributed by atoms with Gasteiger partial charge in [0, 0.05) is 5.56 Å². The molecule has 0 spiro atoms. The first-order chi connectivity index (χ1) is 6.06. The second-order valence-corrected chi connectivity index (χ2v) is 2.29. The highest BCUT2D eigenvalue weighted by Crippen LogP contribution is 2.21. The summed E-state index contributed by atoms with van der Waals surface area (Å²) in [5.41, 5.74) is -0.966. The Labute approximate surface area is 72.5 Å². The Morgan fingerprint density at radius 3 is 2.46 bits per heavy atom. The van der Waals surface area contributed by atoms with Gasteiger partial charge in [-0.15, -0.1) is 0 Å². The van der Waals surface area contributed by atoms with Crippen LogP contribution in [0.2, 0.25) is 0 Å². The molecule has 0 saturated heterocycles. The normalized spacial score (nSPS) is 9.69. The maximum Gasteiger partial charge on any atom is 0.307 e. The summed E-state index contributed by atoms with van der Waals surface area (Å²) < 4.78 is 25.7. The minimum absolute atomic E-state index is 0.0944. The highest BCUT2D eigenvalue weighted by Gasteiger charge is 2.16. The van der Waals surface area contributed by atoms with Crippen LogP contribution in [0.15, 0.2) is 18.7 Å². The number of nitro benzene ring substituents is 1. The van der Waals surface area contributed by atoms with Crippen molar-refractivity contribution in [2.45, 2.75) is 0 Å². The largest absolute Gasteiger partial charge is 0.307 e. The summed E-state index contributed by atoms with van der Waals surface area (Å²) in [5, 5.41) is 10.1. The summed E-state index contributed by atoms with van der Waals surface area (Å²) in [7, 11) is 0. The van der Waals surface area contributed by atoms with Gasteiger partial charge in [0.2, 0.25) is 5.82 Å². The zero-order valence-electron chi connectivity index (χ0n) is 6.46. The number of rotatable bonds is 2. The number of nitrogens with zero attached hydrogens (tertiary/aromatic N) is 1. The van der Waals surface area contributed by atoms with Crippen molar-refractivity contribution in [1.82, 2.24) is 0 Å². The van der Waals surface area contributed by atoms with Gasteiger partial charge >= 0.3 is 5.69 Å². The molecule has 13 heavy (non-hydrogen) atoms. The Morgan fingerprint density at radius 2 is 2.00 bits per heavy atom. The highest BCUT2D eigenvalue weighted by atomic mass is 19.1. The molecule has 0 saturated carbocycles. The molecule has 0 aliphatic carbocycles. The molecular weight excluding hydrogens is 180 g/mol. The number of benzene rings is 1. The van der Waals surface area contributed by atoms with Crippen LogP contribution in [0.5, 0.6) is 0 Å². The Bertz CT molecular complexity index is 377. The smallest absolute Gasteiger partial charge is 0.258 e. The third-order valence-electron chi connectivity index (χ3n) is 1.48. The fourth-order valence-electron chi connectivity index (χ4n) is 0.848. The van der Waals surface area contributed by atoms with Crippen molar-refractivity contribution in [2.75, 3.05) is 0 Å². The zero-order chi connectivity index (χ0) is 10.0. The third kappa shape index (κ3) is 1.69. The number of halogens is 2. The average Bonchev–Trinajstić information content (AvgIpc) is 2.07. The van der Waals surface area contributed by atoms with Crippen LogP contribution >= 0.6 is 0 Å². The SMILES string of the molecule is C=Cc1cc(F)c([N+](=O)[O-])cc1F. The van der Waals surface area contributed by atoms with E-state index in [1.54, 1.807) is 0 Å². The topological polar surface area (TPSA) is 43.1 Å². The van der Waals surface area contributed by atoms with E-state index in [9.17, 15) is 18.9 Å². The maximum atomic E-state index is 12.8. The Hall–Kier alpha value is -1.78. The van der Waals surface area contributed by atoms with Gasteiger partial charge in [0.15, 0.2) is 0 Å². The summed E-state index contributed by atoms with van der Waals surface area (Å²) in [6, 6.07) is 1.27. The molecule has 0 unspecified atom stereocenters. The van der Waals surface area contributed by atoms with Crippen LogP contribution in [0, 0.1) is 21.7 Å². The quantitative estimate of drug-likeness (QED) is 0.524. The predicted octanol–water partition coefficient (Wildman–Crippen LogP) is 2.52. The van der Waals surface area contributed by atoms with Crippen LogP contribution in [0.1, 0.15) is 5.56 Å². The van der Waals surface area contributed by atoms with Crippen LogP contribution in [-0.4, -0.2) is 4.92 Å². The first-order valence-corrected chi connectivity index (χ1v) is 3.32. The van der Waals surface area contributed by atoms with Gasteiger partial charge in [-0.2, -0.15) is 4.39 Å². The van der Waals surface area contributed by atoms with Gasteiger partial charge < -0.3 is 0 Å². The number of hydrogen-bond donors (Lipinski definition) is 0. The van der Waals surface area contributed by atoms with Crippen LogP contribution in [0.3, 0.4) is 0 Å². The molecule has 1 rings (SSSR count). The molecule has 68 valence electrons. The van der Waals surface area contributed by atoms with Gasteiger partial charge in [-0.1, -0.05) is 12.7 Å². The number of nitro groups is 1. The Balaban J connectivity index is 3.36. The molecule has 3 nitrogen and oxygen atoms in total. The van der Waals surface area contributed by atoms with Crippen molar-refractivity contribution < 1.29 is 13.7 Å². The van der Waals surface area contributed by atoms with E-state index >= 15 is 0 Å². The minimum Gasteiger partial charge on any atom is -0.258 e. The fraction of sp³-hybridized carbons (Fsp3) is 0. The Morgan fingerprint density at radius 1 is 1.38 bits per heavy atom. The van der Waals surface area contributed by atoms with E-state index in [1.807, 2.05) is 0 Å². The van der Waals surface area contributed by atoms with Crippen molar-refractivity contribution in [1.29, 1.82) is 0 Å². The molecule has 5 heteroatoms. The molecule has 0 bridgehead atoms. The van der Waals surface area contributed by atoms with Crippen molar-refractivity contribution in [3.8, 4) is 0 Å². The van der Waals surface area contributed by atoms with Crippen molar-refractivity contribution in [2.24, 2.45) is 0 Å². The summed E-state index contributed by atoms with van der Waals surface area (Å²) >= 11 is 0. The summed E-state index contributed by atoms with van der Waals surface area (Å²) in [6.45, 7) is 3.23. The first-order valence-electron chi connectivity index (χ1n) is 3.32. The third-order valence-corrected chi connectivity index (χ3v) is 1.48. The van der Waals surface area contributed by atoms with Gasteiger partial charge in [0.25, 0.3) is 0 Å². The van der Waals surface area contributed by atoms with E-state index in [2.05, 4.69) is 6.58 Å². The monoisotopic (exact) mass is 185 g/mol. The summed E-state index contributed by atoms with van der Waals surface area (Å²) in [4.78, 5) is 9.17. The lowest BCUT2D eigenvalue weighted by Gasteiger charge is -1.97. The van der Waals surface area contributed by atoms with Gasteiger partial charge in [-0.3, -0.25) is 10.1 Å². The van der Waals surface area contributed by atoms with Crippen LogP contribution < -0.4 is 0 Å². The van der Waals surface area contributed by atoms with E-state index in [0.29, 0.717) is 6.07 Å². The van der Waals surface area contributed by atoms with Gasteiger partial charge in [-0.05, 0) is 6.07 Å². The average molecular weight is 185 g/mol. The zero-order valence-corrected chi connectivity index (χ0v) is 6.46. The number of hydrogen-bond acceptors (Lipinski definition) is 2. The van der Waals surface area contributed by atoms with Gasteiger partial charge in [0.1, 0.15) is 5.82 Å². The van der Waals surface area contributed by atoms with Crippen LogP contribution in [0.4, 0.5) is 14.5 Å². The molecule has 0 aromatic heterocycles. The molecule has 0 N–H and O–H groups in total. The second kappa shape index (κ2) is 3.30. The van der Waals surface area contributed by atoms with Gasteiger partial charge in [0.05, 0.1) is 11.0 Å². The molecule has 0 heterocycles. The molecule has 0 aliphatic rings. The van der Waals surface area contributed by atoms with Crippen molar-refractivity contribution in [3.05, 3.63) is 46.0 Å². The van der Waals surface area contributed by atoms with Crippen molar-refractivity contribution in [3.63, 3.8) is 0 Å². The highest BCUT2D eigenvalue weighted by molar-refractivity contribution is 5.51. The molecular formula is C8H5F2NO2. The van der Waals surface area contributed by atoms with E-state index in [4.69, 9.17) is 0 Å². The minimum atomic E-state index is -1.07. The van der Waals surface area contributed by atoms with E-state index in [-0.39, 0.29) is 5.56 Å². The molecule has 0 radical (unpaired) electrons. The van der Waals surface area contributed by atoms with E-state index < -0.39 is 22.2 Å². The van der Waals surface area contributed by atoms with Crippen LogP contribution in [0.25, 0.3) is 6.08 Å². The Kier molecular flexibility index (Phi) is 2.36. The van der Waals surface area contributed by atoms with E-state index in [0.717, 1.165) is 12.1 Å². The van der Waals surface area contributed by atoms with Crippen molar-refractivity contribution >= 4 is 11.8 Å². The molecule has 0 aliphatic heterocycles. The molecule has 0 amide bonds. The first kappa shape index (κ1) is 9.31. The maximum absolute atomic E-state index is 12.8. The lowest BCUT2D eigenvalue weighted by Crippen LogP contribution is -1.95. The fourth-order valence-corrected chi connectivity index (χ4v) is 0.848. The molecule has 1 aromatic rings. The van der Waals surface area contributed by atoms with Gasteiger partial charge in [-0.25, -0.2) is 4.39 Å².